The maximum atomic E-state index is 5.96. The van der Waals surface area contributed by atoms with Crippen molar-refractivity contribution in [1.29, 1.82) is 0 Å². The highest BCUT2D eigenvalue weighted by molar-refractivity contribution is 7.13. The molecule has 2 rings (SSSR count). The van der Waals surface area contributed by atoms with Crippen LogP contribution in [0.1, 0.15) is 24.6 Å². The molecule has 0 saturated heterocycles. The summed E-state index contributed by atoms with van der Waals surface area (Å²) in [5.41, 5.74) is 3.31. The van der Waals surface area contributed by atoms with E-state index in [4.69, 9.17) is 11.6 Å². The summed E-state index contributed by atoms with van der Waals surface area (Å²) in [6.07, 6.45) is 2.14. The maximum absolute atomic E-state index is 5.96. The number of nitrogens with zero attached hydrogens (tertiary/aromatic N) is 1. The molecule has 2 N–H and O–H groups in total. The first-order chi connectivity index (χ1) is 9.69. The van der Waals surface area contributed by atoms with Crippen LogP contribution in [-0.4, -0.2) is 18.1 Å². The molecule has 0 aliphatic heterocycles. The van der Waals surface area contributed by atoms with Crippen molar-refractivity contribution in [3.63, 3.8) is 0 Å². The summed E-state index contributed by atoms with van der Waals surface area (Å²) in [6, 6.07) is 5.83. The predicted molar refractivity (Wildman–Crippen MR) is 88.5 cm³/mol. The number of hydrogen-bond acceptors (Lipinski definition) is 4. The van der Waals surface area contributed by atoms with Crippen LogP contribution in [-0.2, 0) is 6.42 Å². The fourth-order valence-corrected chi connectivity index (χ4v) is 2.86. The molecule has 2 aromatic rings. The van der Waals surface area contributed by atoms with Crippen LogP contribution in [0.2, 0.25) is 5.02 Å². The smallest absolute Gasteiger partial charge is 0.187 e. The second-order valence-electron chi connectivity index (χ2n) is 4.73. The number of anilines is 2. The van der Waals surface area contributed by atoms with E-state index in [9.17, 15) is 0 Å². The van der Waals surface area contributed by atoms with Gasteiger partial charge in [-0.3, -0.25) is 0 Å². The van der Waals surface area contributed by atoms with Gasteiger partial charge in [-0.2, -0.15) is 0 Å². The minimum Gasteiger partial charge on any atom is -0.331 e. The fourth-order valence-electron chi connectivity index (χ4n) is 1.88. The second kappa shape index (κ2) is 7.62. The van der Waals surface area contributed by atoms with Crippen LogP contribution in [0, 0.1) is 6.92 Å². The Bertz CT molecular complexity index is 554. The molecule has 0 aliphatic rings. The lowest BCUT2D eigenvalue weighted by atomic mass is 10.2. The number of hydrogen-bond donors (Lipinski definition) is 2. The standard InChI is InChI=1S/C15H20ClN3S/c1-3-7-17-8-6-13-10-20-15(18-13)19-14-5-4-12(16)9-11(14)2/h4-5,9-10,17H,3,6-8H2,1-2H3,(H,18,19). The van der Waals surface area contributed by atoms with Crippen molar-refractivity contribution in [2.45, 2.75) is 26.7 Å². The van der Waals surface area contributed by atoms with Crippen molar-refractivity contribution in [3.8, 4) is 0 Å². The molecule has 0 fully saturated rings. The quantitative estimate of drug-likeness (QED) is 0.745. The molecular weight excluding hydrogens is 290 g/mol. The van der Waals surface area contributed by atoms with Crippen molar-refractivity contribution < 1.29 is 0 Å². The lowest BCUT2D eigenvalue weighted by Crippen LogP contribution is -2.17. The average Bonchev–Trinajstić information content (AvgIpc) is 2.86. The molecule has 1 aromatic carbocycles. The molecule has 20 heavy (non-hydrogen) atoms. The van der Waals surface area contributed by atoms with Gasteiger partial charge in [0.05, 0.1) is 5.69 Å². The Labute approximate surface area is 129 Å². The van der Waals surface area contributed by atoms with E-state index in [1.165, 1.54) is 6.42 Å². The molecule has 3 nitrogen and oxygen atoms in total. The first-order valence-corrected chi connectivity index (χ1v) is 8.13. The molecule has 0 amide bonds. The van der Waals surface area contributed by atoms with E-state index in [2.05, 4.69) is 27.9 Å². The van der Waals surface area contributed by atoms with Gasteiger partial charge in [0, 0.05) is 29.1 Å². The highest BCUT2D eigenvalue weighted by Crippen LogP contribution is 2.25. The summed E-state index contributed by atoms with van der Waals surface area (Å²) in [5, 5.41) is 10.5. The first kappa shape index (κ1) is 15.3. The van der Waals surface area contributed by atoms with Crippen LogP contribution >= 0.6 is 22.9 Å². The number of rotatable bonds is 7. The number of aryl methyl sites for hydroxylation is 1. The van der Waals surface area contributed by atoms with E-state index >= 15 is 0 Å². The number of thiazole rings is 1. The first-order valence-electron chi connectivity index (χ1n) is 6.87. The summed E-state index contributed by atoms with van der Waals surface area (Å²) >= 11 is 7.60. The Morgan fingerprint density at radius 2 is 2.15 bits per heavy atom. The Morgan fingerprint density at radius 1 is 1.30 bits per heavy atom. The molecule has 0 saturated carbocycles. The van der Waals surface area contributed by atoms with Crippen LogP contribution in [0.5, 0.6) is 0 Å². The van der Waals surface area contributed by atoms with Crippen molar-refractivity contribution in [1.82, 2.24) is 10.3 Å². The fraction of sp³-hybridized carbons (Fsp3) is 0.400. The summed E-state index contributed by atoms with van der Waals surface area (Å²) in [6.45, 7) is 6.26. The number of halogens is 1. The van der Waals surface area contributed by atoms with E-state index in [1.54, 1.807) is 11.3 Å². The van der Waals surface area contributed by atoms with Gasteiger partial charge in [-0.1, -0.05) is 18.5 Å². The van der Waals surface area contributed by atoms with Gasteiger partial charge in [-0.15, -0.1) is 11.3 Å². The van der Waals surface area contributed by atoms with Gasteiger partial charge in [0.1, 0.15) is 0 Å². The molecule has 5 heteroatoms. The predicted octanol–water partition coefficient (Wildman–Crippen LogP) is 4.39. The molecular formula is C15H20ClN3S. The molecule has 108 valence electrons. The van der Waals surface area contributed by atoms with Crippen LogP contribution < -0.4 is 10.6 Å². The Kier molecular flexibility index (Phi) is 5.83. The third-order valence-corrected chi connectivity index (χ3v) is 4.01. The lowest BCUT2D eigenvalue weighted by molar-refractivity contribution is 0.667. The van der Waals surface area contributed by atoms with Crippen LogP contribution in [0.3, 0.4) is 0 Å². The number of benzene rings is 1. The van der Waals surface area contributed by atoms with Gasteiger partial charge >= 0.3 is 0 Å². The Hall–Kier alpha value is -1.10. The number of nitrogens with one attached hydrogen (secondary N) is 2. The monoisotopic (exact) mass is 309 g/mol. The van der Waals surface area contributed by atoms with Crippen molar-refractivity contribution >= 4 is 33.8 Å². The van der Waals surface area contributed by atoms with E-state index in [0.29, 0.717) is 0 Å². The summed E-state index contributed by atoms with van der Waals surface area (Å²) in [5.74, 6) is 0. The van der Waals surface area contributed by atoms with Crippen molar-refractivity contribution in [2.75, 3.05) is 18.4 Å². The van der Waals surface area contributed by atoms with Gasteiger partial charge in [0.25, 0.3) is 0 Å². The van der Waals surface area contributed by atoms with Gasteiger partial charge in [0.15, 0.2) is 5.13 Å². The Morgan fingerprint density at radius 3 is 2.90 bits per heavy atom. The van der Waals surface area contributed by atoms with E-state index in [0.717, 1.165) is 46.6 Å². The molecule has 0 aliphatic carbocycles. The summed E-state index contributed by atoms with van der Waals surface area (Å²) < 4.78 is 0. The summed E-state index contributed by atoms with van der Waals surface area (Å²) in [4.78, 5) is 4.60. The number of aromatic nitrogens is 1. The third-order valence-electron chi connectivity index (χ3n) is 2.97. The van der Waals surface area contributed by atoms with Gasteiger partial charge in [0.2, 0.25) is 0 Å². The zero-order valence-corrected chi connectivity index (χ0v) is 13.4. The van der Waals surface area contributed by atoms with Gasteiger partial charge in [-0.25, -0.2) is 4.98 Å². The SMILES string of the molecule is CCCNCCc1csc(Nc2ccc(Cl)cc2C)n1. The molecule has 0 atom stereocenters. The van der Waals surface area contributed by atoms with E-state index in [1.807, 2.05) is 25.1 Å². The highest BCUT2D eigenvalue weighted by Gasteiger charge is 2.04. The maximum Gasteiger partial charge on any atom is 0.187 e. The molecule has 1 heterocycles. The third kappa shape index (κ3) is 4.47. The van der Waals surface area contributed by atoms with Crippen molar-refractivity contribution in [3.05, 3.63) is 39.9 Å². The molecule has 0 unspecified atom stereocenters. The second-order valence-corrected chi connectivity index (χ2v) is 6.02. The zero-order valence-electron chi connectivity index (χ0n) is 11.9. The average molecular weight is 310 g/mol. The largest absolute Gasteiger partial charge is 0.331 e. The molecule has 0 bridgehead atoms. The normalized spacial score (nSPS) is 10.8. The van der Waals surface area contributed by atoms with Gasteiger partial charge in [-0.05, 0) is 43.7 Å². The zero-order chi connectivity index (χ0) is 14.4. The van der Waals surface area contributed by atoms with Crippen LogP contribution in [0.4, 0.5) is 10.8 Å². The van der Waals surface area contributed by atoms with E-state index < -0.39 is 0 Å². The summed E-state index contributed by atoms with van der Waals surface area (Å²) in [7, 11) is 0. The van der Waals surface area contributed by atoms with E-state index in [-0.39, 0.29) is 0 Å². The minimum atomic E-state index is 0.759. The molecule has 0 radical (unpaired) electrons. The topological polar surface area (TPSA) is 37.0 Å². The van der Waals surface area contributed by atoms with Crippen LogP contribution in [0.15, 0.2) is 23.6 Å². The molecule has 1 aromatic heterocycles. The molecule has 0 spiro atoms. The Balaban J connectivity index is 1.92. The lowest BCUT2D eigenvalue weighted by Gasteiger charge is -2.06. The minimum absolute atomic E-state index is 0.759. The highest BCUT2D eigenvalue weighted by atomic mass is 35.5. The van der Waals surface area contributed by atoms with Crippen molar-refractivity contribution in [2.24, 2.45) is 0 Å². The van der Waals surface area contributed by atoms with Gasteiger partial charge < -0.3 is 10.6 Å². The van der Waals surface area contributed by atoms with Crippen LogP contribution in [0.25, 0.3) is 0 Å².